The predicted octanol–water partition coefficient (Wildman–Crippen LogP) is 3.79. The molecule has 0 heterocycles. The minimum atomic E-state index is -0.916. The quantitative estimate of drug-likeness (QED) is 0.824. The van der Waals surface area contributed by atoms with Crippen molar-refractivity contribution in [3.8, 4) is 0 Å². The first-order valence-corrected chi connectivity index (χ1v) is 7.29. The molecule has 0 saturated heterocycles. The number of carboxylic acids is 1. The number of halogens is 1. The third-order valence-corrected chi connectivity index (χ3v) is 4.61. The zero-order valence-electron chi connectivity index (χ0n) is 11.8. The van der Waals surface area contributed by atoms with Crippen molar-refractivity contribution in [3.05, 3.63) is 29.6 Å². The Labute approximate surface area is 119 Å². The normalized spacial score (nSPS) is 19.5. The summed E-state index contributed by atoms with van der Waals surface area (Å²) in [5.74, 6) is -1.83. The van der Waals surface area contributed by atoms with Crippen molar-refractivity contribution in [2.75, 3.05) is 5.73 Å². The molecule has 1 aliphatic carbocycles. The van der Waals surface area contributed by atoms with Gasteiger partial charge in [0.15, 0.2) is 0 Å². The molecule has 0 aromatic heterocycles. The van der Waals surface area contributed by atoms with Crippen LogP contribution in [0.5, 0.6) is 0 Å². The molecule has 0 radical (unpaired) electrons. The summed E-state index contributed by atoms with van der Waals surface area (Å²) in [6, 6.07) is 4.43. The van der Waals surface area contributed by atoms with E-state index in [1.165, 1.54) is 18.6 Å². The number of benzene rings is 1. The average molecular weight is 279 g/mol. The van der Waals surface area contributed by atoms with Crippen LogP contribution in [0.2, 0.25) is 0 Å². The lowest BCUT2D eigenvalue weighted by molar-refractivity contribution is -0.140. The zero-order valence-corrected chi connectivity index (χ0v) is 11.8. The molecule has 2 unspecified atom stereocenters. The van der Waals surface area contributed by atoms with Gasteiger partial charge in [-0.1, -0.05) is 51.2 Å². The van der Waals surface area contributed by atoms with E-state index in [2.05, 4.69) is 0 Å². The number of carboxylic acid groups (broad SMARTS) is 1. The number of carbonyl (C=O) groups is 1. The molecule has 1 aromatic rings. The molecule has 2 rings (SSSR count). The van der Waals surface area contributed by atoms with E-state index in [4.69, 9.17) is 5.73 Å². The smallest absolute Gasteiger partial charge is 0.311 e. The Hall–Kier alpha value is -1.58. The van der Waals surface area contributed by atoms with Crippen LogP contribution in [0.1, 0.15) is 50.5 Å². The van der Waals surface area contributed by atoms with E-state index < -0.39 is 17.7 Å². The maximum atomic E-state index is 13.6. The van der Waals surface area contributed by atoms with Gasteiger partial charge in [-0.15, -0.1) is 0 Å². The molecular weight excluding hydrogens is 257 g/mol. The van der Waals surface area contributed by atoms with E-state index in [-0.39, 0.29) is 11.6 Å². The minimum absolute atomic E-state index is 0.0254. The molecule has 1 aromatic carbocycles. The molecule has 3 N–H and O–H groups in total. The van der Waals surface area contributed by atoms with Crippen LogP contribution in [0.15, 0.2) is 18.2 Å². The summed E-state index contributed by atoms with van der Waals surface area (Å²) < 4.78 is 13.6. The van der Waals surface area contributed by atoms with Gasteiger partial charge in [0.05, 0.1) is 11.6 Å². The molecule has 20 heavy (non-hydrogen) atoms. The van der Waals surface area contributed by atoms with Gasteiger partial charge >= 0.3 is 5.97 Å². The molecule has 0 spiro atoms. The van der Waals surface area contributed by atoms with Crippen LogP contribution in [0.3, 0.4) is 0 Å². The molecule has 0 bridgehead atoms. The molecule has 1 saturated carbocycles. The Morgan fingerprint density at radius 1 is 1.35 bits per heavy atom. The third kappa shape index (κ3) is 2.94. The monoisotopic (exact) mass is 279 g/mol. The van der Waals surface area contributed by atoms with E-state index in [1.54, 1.807) is 6.07 Å². The molecule has 1 fully saturated rings. The zero-order chi connectivity index (χ0) is 14.7. The van der Waals surface area contributed by atoms with Gasteiger partial charge in [-0.2, -0.15) is 0 Å². The molecule has 4 heteroatoms. The maximum absolute atomic E-state index is 13.6. The van der Waals surface area contributed by atoms with Gasteiger partial charge < -0.3 is 10.8 Å². The van der Waals surface area contributed by atoms with E-state index >= 15 is 0 Å². The van der Waals surface area contributed by atoms with Crippen LogP contribution in [-0.4, -0.2) is 11.1 Å². The van der Waals surface area contributed by atoms with Gasteiger partial charge in [0.1, 0.15) is 5.82 Å². The second-order valence-electron chi connectivity index (χ2n) is 5.82. The number of rotatable bonds is 4. The fourth-order valence-corrected chi connectivity index (χ4v) is 3.40. The number of nitrogen functional groups attached to an aromatic ring is 1. The highest BCUT2D eigenvalue weighted by molar-refractivity contribution is 5.79. The van der Waals surface area contributed by atoms with Crippen LogP contribution in [0, 0.1) is 17.7 Å². The van der Waals surface area contributed by atoms with Crippen molar-refractivity contribution in [3.63, 3.8) is 0 Å². The lowest BCUT2D eigenvalue weighted by atomic mass is 9.72. The van der Waals surface area contributed by atoms with Gasteiger partial charge in [-0.25, -0.2) is 4.39 Å². The van der Waals surface area contributed by atoms with Crippen LogP contribution >= 0.6 is 0 Å². The van der Waals surface area contributed by atoms with E-state index in [0.717, 1.165) is 25.7 Å². The van der Waals surface area contributed by atoms with Gasteiger partial charge in [0.25, 0.3) is 0 Å². The van der Waals surface area contributed by atoms with Gasteiger partial charge in [-0.3, -0.25) is 4.79 Å². The third-order valence-electron chi connectivity index (χ3n) is 4.61. The molecule has 0 amide bonds. The van der Waals surface area contributed by atoms with Gasteiger partial charge in [-0.05, 0) is 23.5 Å². The van der Waals surface area contributed by atoms with Crippen molar-refractivity contribution in [1.29, 1.82) is 0 Å². The molecule has 3 nitrogen and oxygen atoms in total. The van der Waals surface area contributed by atoms with E-state index in [0.29, 0.717) is 11.5 Å². The highest BCUT2D eigenvalue weighted by Gasteiger charge is 2.34. The number of hydrogen-bond acceptors (Lipinski definition) is 2. The van der Waals surface area contributed by atoms with E-state index in [9.17, 15) is 14.3 Å². The number of nitrogens with two attached hydrogens (primary N) is 1. The Bertz CT molecular complexity index is 483. The van der Waals surface area contributed by atoms with Crippen molar-refractivity contribution in [1.82, 2.24) is 0 Å². The second-order valence-corrected chi connectivity index (χ2v) is 5.82. The van der Waals surface area contributed by atoms with Crippen LogP contribution in [0.4, 0.5) is 10.1 Å². The first-order valence-electron chi connectivity index (χ1n) is 7.29. The van der Waals surface area contributed by atoms with Crippen LogP contribution in [0.25, 0.3) is 0 Å². The standard InChI is InChI=1S/C16H22FNO2/c1-10(11-6-3-2-4-7-11)14(16(19)20)12-8-5-9-13(17)15(12)18/h5,8-11,14H,2-4,6-7,18H2,1H3,(H,19,20). The fraction of sp³-hybridized carbons (Fsp3) is 0.562. The lowest BCUT2D eigenvalue weighted by Gasteiger charge is -2.32. The van der Waals surface area contributed by atoms with Crippen molar-refractivity contribution < 1.29 is 14.3 Å². The average Bonchev–Trinajstić information content (AvgIpc) is 2.44. The Morgan fingerprint density at radius 3 is 2.60 bits per heavy atom. The second kappa shape index (κ2) is 6.25. The van der Waals surface area contributed by atoms with Crippen molar-refractivity contribution in [2.24, 2.45) is 11.8 Å². The number of aliphatic carboxylic acids is 1. The summed E-state index contributed by atoms with van der Waals surface area (Å²) in [6.07, 6.45) is 5.64. The van der Waals surface area contributed by atoms with E-state index in [1.807, 2.05) is 6.92 Å². The van der Waals surface area contributed by atoms with Gasteiger partial charge in [0.2, 0.25) is 0 Å². The van der Waals surface area contributed by atoms with Crippen LogP contribution < -0.4 is 5.73 Å². The summed E-state index contributed by atoms with van der Waals surface area (Å²) in [6.45, 7) is 1.96. The number of anilines is 1. The molecule has 110 valence electrons. The maximum Gasteiger partial charge on any atom is 0.311 e. The molecule has 1 aliphatic rings. The minimum Gasteiger partial charge on any atom is -0.481 e. The predicted molar refractivity (Wildman–Crippen MR) is 76.9 cm³/mol. The van der Waals surface area contributed by atoms with Crippen molar-refractivity contribution >= 4 is 11.7 Å². The summed E-state index contributed by atoms with van der Waals surface area (Å²) >= 11 is 0. The largest absolute Gasteiger partial charge is 0.481 e. The van der Waals surface area contributed by atoms with Crippen molar-refractivity contribution in [2.45, 2.75) is 44.9 Å². The SMILES string of the molecule is CC(C1CCCCC1)C(C(=O)O)c1cccc(F)c1N. The summed E-state index contributed by atoms with van der Waals surface area (Å²) in [4.78, 5) is 11.7. The number of hydrogen-bond donors (Lipinski definition) is 2. The number of para-hydroxylation sites is 1. The lowest BCUT2D eigenvalue weighted by Crippen LogP contribution is -2.28. The first kappa shape index (κ1) is 14.8. The summed E-state index contributed by atoms with van der Waals surface area (Å²) in [5, 5.41) is 9.57. The molecule has 2 atom stereocenters. The fourth-order valence-electron chi connectivity index (χ4n) is 3.40. The van der Waals surface area contributed by atoms with Crippen LogP contribution in [-0.2, 0) is 4.79 Å². The highest BCUT2D eigenvalue weighted by Crippen LogP contribution is 2.40. The molecule has 0 aliphatic heterocycles. The Kier molecular flexibility index (Phi) is 4.63. The summed E-state index contributed by atoms with van der Waals surface area (Å²) in [5.41, 5.74) is 6.14. The summed E-state index contributed by atoms with van der Waals surface area (Å²) in [7, 11) is 0. The highest BCUT2D eigenvalue weighted by atomic mass is 19.1. The Morgan fingerprint density at radius 2 is 2.00 bits per heavy atom. The topological polar surface area (TPSA) is 63.3 Å². The molecular formula is C16H22FNO2. The Balaban J connectivity index is 2.30. The van der Waals surface area contributed by atoms with Gasteiger partial charge in [0, 0.05) is 0 Å². The first-order chi connectivity index (χ1) is 9.52.